The highest BCUT2D eigenvalue weighted by molar-refractivity contribution is 7.78. The molecule has 0 aromatic carbocycles. The topological polar surface area (TPSA) is 277 Å². The van der Waals surface area contributed by atoms with Crippen LogP contribution in [0, 0.1) is 0 Å². The average Bonchev–Trinajstić information content (AvgIpc) is 3.93. The molecule has 2 heterocycles. The van der Waals surface area contributed by atoms with Gasteiger partial charge in [-0.25, -0.2) is 19.6 Å². The summed E-state index contributed by atoms with van der Waals surface area (Å²) >= 11 is 6.81. The van der Waals surface area contributed by atoms with Crippen molar-refractivity contribution in [3.05, 3.63) is 38.5 Å². The third kappa shape index (κ3) is 70.0. The van der Waals surface area contributed by atoms with Gasteiger partial charge in [-0.15, -0.1) is 26.3 Å². The molecule has 2 amide bonds. The first-order valence-electron chi connectivity index (χ1n) is 19.9. The molecule has 1 saturated heterocycles. The quantitative estimate of drug-likeness (QED) is 0.0322. The largest absolute Gasteiger partial charge is 0.528 e. The van der Waals surface area contributed by atoms with E-state index in [0.717, 1.165) is 24.6 Å². The Hall–Kier alpha value is -3.70. The number of imide groups is 1. The predicted octanol–water partition coefficient (Wildman–Crippen LogP) is 2.82. The minimum atomic E-state index is -0.775. The summed E-state index contributed by atoms with van der Waals surface area (Å²) in [6.45, 7) is 33.7. The monoisotopic (exact) mass is 970 g/mol. The van der Waals surface area contributed by atoms with Crippen LogP contribution >= 0.6 is 25.6 Å². The molecule has 0 radical (unpaired) electrons. The molecule has 0 spiro atoms. The van der Waals surface area contributed by atoms with Crippen molar-refractivity contribution in [2.45, 2.75) is 68.3 Å². The maximum absolute atomic E-state index is 11.0. The van der Waals surface area contributed by atoms with Gasteiger partial charge in [-0.2, -0.15) is 0 Å². The Bertz CT molecular complexity index is 1070. The highest BCUT2D eigenvalue weighted by Crippen LogP contribution is 2.05. The van der Waals surface area contributed by atoms with Gasteiger partial charge in [0.15, 0.2) is 0 Å². The second kappa shape index (κ2) is 65.9. The Morgan fingerprint density at radius 3 is 1.53 bits per heavy atom. The first kappa shape index (κ1) is 77.5. The van der Waals surface area contributed by atoms with Gasteiger partial charge >= 0.3 is 24.1 Å². The molecule has 0 unspecified atom stereocenters. The lowest BCUT2D eigenvalue weighted by Crippen LogP contribution is -2.43. The maximum atomic E-state index is 11.0. The number of carboxylic acids is 2. The molecule has 2 aliphatic heterocycles. The van der Waals surface area contributed by atoms with E-state index in [2.05, 4.69) is 78.6 Å². The van der Waals surface area contributed by atoms with Gasteiger partial charge in [-0.1, -0.05) is 63.1 Å². The number of likely N-dealkylation sites (N-methyl/N-ethyl adjacent to an activating group) is 1. The van der Waals surface area contributed by atoms with E-state index in [1.165, 1.54) is 12.2 Å². The van der Waals surface area contributed by atoms with Crippen molar-refractivity contribution in [1.82, 2.24) is 34.9 Å². The van der Waals surface area contributed by atoms with Crippen LogP contribution in [0.4, 0.5) is 4.79 Å². The number of nitrogens with zero attached hydrogens (tertiary/aromatic N) is 4. The van der Waals surface area contributed by atoms with E-state index < -0.39 is 24.1 Å². The van der Waals surface area contributed by atoms with E-state index in [1.54, 1.807) is 44.8 Å². The van der Waals surface area contributed by atoms with Crippen LogP contribution in [-0.2, 0) is 57.3 Å². The number of carboxylic acid groups (broad SMARTS) is 2. The van der Waals surface area contributed by atoms with Crippen molar-refractivity contribution < 1.29 is 77.4 Å². The van der Waals surface area contributed by atoms with Crippen LogP contribution < -0.4 is 15.1 Å². The van der Waals surface area contributed by atoms with Gasteiger partial charge in [0.1, 0.15) is 6.61 Å². The molecule has 0 saturated carbocycles. The van der Waals surface area contributed by atoms with E-state index in [-0.39, 0.29) is 44.5 Å². The van der Waals surface area contributed by atoms with Crippen LogP contribution in [0.3, 0.4) is 0 Å². The van der Waals surface area contributed by atoms with Crippen LogP contribution in [0.5, 0.6) is 0 Å². The molecule has 0 atom stereocenters. The molecule has 64 heavy (non-hydrogen) atoms. The molecule has 0 bridgehead atoms. The lowest BCUT2D eigenvalue weighted by molar-refractivity contribution is -0.227. The molecule has 0 aliphatic carbocycles. The Morgan fingerprint density at radius 2 is 1.23 bits per heavy atom. The molecular formula is C39H83N7O16S2. The number of thiol groups is 2. The van der Waals surface area contributed by atoms with E-state index in [1.807, 2.05) is 56.5 Å². The number of amides is 2. The molecule has 1 fully saturated rings. The van der Waals surface area contributed by atoms with Crippen molar-refractivity contribution in [3.8, 4) is 0 Å². The van der Waals surface area contributed by atoms with Gasteiger partial charge in [0.2, 0.25) is 0 Å². The fourth-order valence-corrected chi connectivity index (χ4v) is 2.85. The third-order valence-corrected chi connectivity index (χ3v) is 6.18. The fraction of sp³-hybridized carbons (Fsp3) is 0.692. The Balaban J connectivity index is -0.0000000939. The summed E-state index contributed by atoms with van der Waals surface area (Å²) in [6, 6.07) is 0. The number of hydrogen-bond acceptors (Lipinski definition) is 22. The summed E-state index contributed by atoms with van der Waals surface area (Å²) < 4.78 is 23.9. The SMILES string of the molecule is C=C.C=C.CCN(C)CC(=O)O.CCN(C)CCC(=O)O.CCN(C)N1C(=O)C=CC1=O.CCNC.CCO.CCOC(=O)ONS.CCOC1OCCO1.CCOCC(=O)ONS. The van der Waals surface area contributed by atoms with Gasteiger partial charge < -0.3 is 58.9 Å². The fourth-order valence-electron chi connectivity index (χ4n) is 2.68. The number of aliphatic carboxylic acids is 2. The number of carbonyl (C=O) groups is 6. The maximum Gasteiger partial charge on any atom is 0.528 e. The second-order valence-electron chi connectivity index (χ2n) is 10.6. The molecule has 25 heteroatoms. The summed E-state index contributed by atoms with van der Waals surface area (Å²) in [5.74, 6) is -2.50. The second-order valence-corrected chi connectivity index (χ2v) is 11.0. The number of aliphatic hydroxyl groups excluding tert-OH is 1. The van der Waals surface area contributed by atoms with Crippen LogP contribution in [0.25, 0.3) is 0 Å². The minimum Gasteiger partial charge on any atom is -0.481 e. The van der Waals surface area contributed by atoms with Crippen molar-refractivity contribution in [3.63, 3.8) is 0 Å². The van der Waals surface area contributed by atoms with E-state index in [9.17, 15) is 28.8 Å². The number of hydrazine groups is 1. The molecule has 0 aromatic heterocycles. The molecule has 382 valence electrons. The molecule has 0 aromatic rings. The Morgan fingerprint density at radius 1 is 0.781 bits per heavy atom. The van der Waals surface area contributed by atoms with Crippen molar-refractivity contribution in [2.75, 3.05) is 114 Å². The number of ether oxygens (including phenoxy) is 5. The Kier molecular flexibility index (Phi) is 79.8. The summed E-state index contributed by atoms with van der Waals surface area (Å²) in [5, 5.41) is 29.6. The number of rotatable bonds is 18. The zero-order valence-corrected chi connectivity index (χ0v) is 42.1. The number of carbonyl (C=O) groups excluding carboxylic acids is 4. The van der Waals surface area contributed by atoms with Gasteiger partial charge in [-0.3, -0.25) is 24.1 Å². The molecular weight excluding hydrogens is 887 g/mol. The lowest BCUT2D eigenvalue weighted by Gasteiger charge is -2.23. The van der Waals surface area contributed by atoms with Crippen molar-refractivity contribution >= 4 is 61.5 Å². The standard InChI is InChI=1S/C7H10N2O2.C6H13NO2.C5H11NO2.C5H10O3.C4H9NO3S.C3H7NO3S.C3H9N.C2H6O.2C2H4/c1-3-8(2)9-6(10)4-5-7(9)11;1-3-7(2)5-4-6(8)9;1-3-6(2)4-5(7)8;1-2-6-5-7-3-4-8-5;1-2-7-3-4(6)8-5-9;1-2-6-3(5)7-4-8;1-3-4-2;1-2-3;2*1-2/h4-5H,3H2,1-2H3;3-5H2,1-2H3,(H,8,9);3-4H2,1-2H3,(H,7,8);5H,2-4H2,1H3;5,9H,2-3H2,1H3;4,8H,2H2,1H3;4H,3H2,1-2H3;3H,2H2,1H3;2*1-2H2. The normalized spacial score (nSPS) is 11.6. The van der Waals surface area contributed by atoms with Crippen molar-refractivity contribution in [1.29, 1.82) is 0 Å². The zero-order valence-electron chi connectivity index (χ0n) is 40.3. The smallest absolute Gasteiger partial charge is 0.481 e. The van der Waals surface area contributed by atoms with Gasteiger partial charge in [0, 0.05) is 52.1 Å². The van der Waals surface area contributed by atoms with Gasteiger partial charge in [0.25, 0.3) is 18.3 Å². The van der Waals surface area contributed by atoms with Crippen LogP contribution in [0.1, 0.15) is 61.8 Å². The third-order valence-electron chi connectivity index (χ3n) is 6.00. The summed E-state index contributed by atoms with van der Waals surface area (Å²) in [5.41, 5.74) is 0. The number of aliphatic hydroxyl groups is 1. The van der Waals surface area contributed by atoms with Crippen LogP contribution in [0.2, 0.25) is 0 Å². The van der Waals surface area contributed by atoms with E-state index >= 15 is 0 Å². The number of nitrogens with one attached hydrogen (secondary N) is 3. The average molecular weight is 970 g/mol. The Labute approximate surface area is 393 Å². The lowest BCUT2D eigenvalue weighted by atomic mass is 10.4. The van der Waals surface area contributed by atoms with E-state index in [0.29, 0.717) is 46.1 Å². The van der Waals surface area contributed by atoms with Crippen molar-refractivity contribution in [2.24, 2.45) is 0 Å². The van der Waals surface area contributed by atoms with Crippen LogP contribution in [0.15, 0.2) is 38.5 Å². The molecule has 6 N–H and O–H groups in total. The predicted molar refractivity (Wildman–Crippen MR) is 253 cm³/mol. The van der Waals surface area contributed by atoms with E-state index in [4.69, 9.17) is 34.3 Å². The molecule has 23 nitrogen and oxygen atoms in total. The highest BCUT2D eigenvalue weighted by Gasteiger charge is 2.26. The first-order chi connectivity index (χ1) is 30.4. The van der Waals surface area contributed by atoms with Gasteiger partial charge in [0.05, 0.1) is 32.8 Å². The molecule has 2 aliphatic rings. The summed E-state index contributed by atoms with van der Waals surface area (Å²) in [6.07, 6.45) is 2.01. The van der Waals surface area contributed by atoms with Crippen LogP contribution in [-0.4, -0.2) is 191 Å². The number of hydrogen-bond donors (Lipinski definition) is 8. The minimum absolute atomic E-state index is 0.0376. The zero-order chi connectivity index (χ0) is 51.7. The summed E-state index contributed by atoms with van der Waals surface area (Å²) in [4.78, 5) is 78.0. The first-order valence-corrected chi connectivity index (χ1v) is 20.8. The molecule has 2 rings (SSSR count). The summed E-state index contributed by atoms with van der Waals surface area (Å²) in [7, 11) is 7.31. The van der Waals surface area contributed by atoms with Gasteiger partial charge in [-0.05, 0) is 68.5 Å². The highest BCUT2D eigenvalue weighted by atomic mass is 32.1.